The number of hydrogen-bond acceptors (Lipinski definition) is 3. The SMILES string of the molecule is Cc1ccsc1CN(C)C(=O)[C@@]12CCCC[C@H]1CNC2. The van der Waals surface area contributed by atoms with Crippen LogP contribution in [0.5, 0.6) is 0 Å². The highest BCUT2D eigenvalue weighted by Crippen LogP contribution is 2.45. The summed E-state index contributed by atoms with van der Waals surface area (Å²) in [7, 11) is 1.97. The summed E-state index contributed by atoms with van der Waals surface area (Å²) in [6, 6.07) is 2.14. The third-order valence-corrected chi connectivity index (χ3v) is 6.17. The number of aryl methyl sites for hydroxylation is 1. The molecule has 0 unspecified atom stereocenters. The summed E-state index contributed by atoms with van der Waals surface area (Å²) in [4.78, 5) is 16.3. The van der Waals surface area contributed by atoms with E-state index in [1.807, 2.05) is 11.9 Å². The summed E-state index contributed by atoms with van der Waals surface area (Å²) in [6.45, 7) is 4.79. The van der Waals surface area contributed by atoms with Crippen LogP contribution < -0.4 is 5.32 Å². The molecule has 3 nitrogen and oxygen atoms in total. The van der Waals surface area contributed by atoms with E-state index in [4.69, 9.17) is 0 Å². The molecule has 4 heteroatoms. The molecule has 0 spiro atoms. The van der Waals surface area contributed by atoms with Gasteiger partial charge < -0.3 is 10.2 Å². The maximum atomic E-state index is 13.0. The number of fused-ring (bicyclic) bond motifs is 1. The Morgan fingerprint density at radius 2 is 2.40 bits per heavy atom. The van der Waals surface area contributed by atoms with E-state index in [1.54, 1.807) is 11.3 Å². The van der Waals surface area contributed by atoms with E-state index >= 15 is 0 Å². The maximum Gasteiger partial charge on any atom is 0.230 e. The number of rotatable bonds is 3. The van der Waals surface area contributed by atoms with Crippen LogP contribution in [0, 0.1) is 18.3 Å². The highest BCUT2D eigenvalue weighted by atomic mass is 32.1. The Labute approximate surface area is 125 Å². The lowest BCUT2D eigenvalue weighted by molar-refractivity contribution is -0.144. The minimum absolute atomic E-state index is 0.113. The summed E-state index contributed by atoms with van der Waals surface area (Å²) >= 11 is 1.76. The third-order valence-electron chi connectivity index (χ3n) is 5.16. The fourth-order valence-corrected chi connectivity index (χ4v) is 4.86. The van der Waals surface area contributed by atoms with Crippen LogP contribution >= 0.6 is 11.3 Å². The van der Waals surface area contributed by atoms with E-state index in [0.29, 0.717) is 11.8 Å². The quantitative estimate of drug-likeness (QED) is 0.929. The molecule has 1 saturated carbocycles. The molecule has 1 N–H and O–H groups in total. The van der Waals surface area contributed by atoms with Crippen molar-refractivity contribution in [3.8, 4) is 0 Å². The second kappa shape index (κ2) is 5.49. The number of carbonyl (C=O) groups is 1. The molecule has 3 rings (SSSR count). The standard InChI is InChI=1S/C16H24N2OS/c1-12-6-8-20-14(12)10-18(2)15(19)16-7-4-3-5-13(16)9-17-11-16/h6,8,13,17H,3-5,7,9-11H2,1-2H3/t13-,16+/m0/s1. The molecule has 0 bridgehead atoms. The molecule has 110 valence electrons. The van der Waals surface area contributed by atoms with Crippen LogP contribution in [-0.2, 0) is 11.3 Å². The van der Waals surface area contributed by atoms with Crippen molar-refractivity contribution in [2.45, 2.75) is 39.2 Å². The predicted octanol–water partition coefficient (Wildman–Crippen LogP) is 2.79. The van der Waals surface area contributed by atoms with Gasteiger partial charge in [0.1, 0.15) is 0 Å². The van der Waals surface area contributed by atoms with Crippen molar-refractivity contribution >= 4 is 17.2 Å². The van der Waals surface area contributed by atoms with E-state index < -0.39 is 0 Å². The Hall–Kier alpha value is -0.870. The molecule has 1 aliphatic carbocycles. The molecule has 2 fully saturated rings. The average molecular weight is 292 g/mol. The third kappa shape index (κ3) is 2.29. The monoisotopic (exact) mass is 292 g/mol. The van der Waals surface area contributed by atoms with Crippen molar-refractivity contribution in [3.63, 3.8) is 0 Å². The number of carbonyl (C=O) groups excluding carboxylic acids is 1. The summed E-state index contributed by atoms with van der Waals surface area (Å²) < 4.78 is 0. The summed E-state index contributed by atoms with van der Waals surface area (Å²) in [5.41, 5.74) is 1.19. The van der Waals surface area contributed by atoms with Crippen LogP contribution in [0.3, 0.4) is 0 Å². The topological polar surface area (TPSA) is 32.3 Å². The first-order chi connectivity index (χ1) is 9.63. The van der Waals surface area contributed by atoms with E-state index in [-0.39, 0.29) is 5.41 Å². The van der Waals surface area contributed by atoms with Gasteiger partial charge in [-0.25, -0.2) is 0 Å². The lowest BCUT2D eigenvalue weighted by Crippen LogP contribution is -2.48. The average Bonchev–Trinajstić information content (AvgIpc) is 3.05. The second-order valence-corrected chi connectivity index (χ2v) is 7.42. The van der Waals surface area contributed by atoms with Gasteiger partial charge in [0.05, 0.1) is 12.0 Å². The van der Waals surface area contributed by atoms with Crippen molar-refractivity contribution < 1.29 is 4.79 Å². The van der Waals surface area contributed by atoms with E-state index in [2.05, 4.69) is 23.7 Å². The molecule has 2 atom stereocenters. The van der Waals surface area contributed by atoms with E-state index in [9.17, 15) is 4.79 Å². The smallest absolute Gasteiger partial charge is 0.230 e. The van der Waals surface area contributed by atoms with Crippen molar-refractivity contribution in [1.29, 1.82) is 0 Å². The van der Waals surface area contributed by atoms with Crippen molar-refractivity contribution in [3.05, 3.63) is 21.9 Å². The molecule has 1 aliphatic heterocycles. The Morgan fingerprint density at radius 1 is 1.55 bits per heavy atom. The first kappa shape index (κ1) is 14.1. The Balaban J connectivity index is 1.75. The molecule has 1 saturated heterocycles. The van der Waals surface area contributed by atoms with Crippen molar-refractivity contribution in [1.82, 2.24) is 10.2 Å². The first-order valence-corrected chi connectivity index (χ1v) is 8.51. The summed E-state index contributed by atoms with van der Waals surface area (Å²) in [6.07, 6.45) is 4.77. The number of nitrogens with one attached hydrogen (secondary N) is 1. The predicted molar refractivity (Wildman–Crippen MR) is 82.8 cm³/mol. The van der Waals surface area contributed by atoms with Gasteiger partial charge in [0.2, 0.25) is 5.91 Å². The van der Waals surface area contributed by atoms with Crippen LogP contribution in [-0.4, -0.2) is 30.9 Å². The molecular formula is C16H24N2OS. The molecular weight excluding hydrogens is 268 g/mol. The zero-order valence-electron chi connectivity index (χ0n) is 12.4. The molecule has 20 heavy (non-hydrogen) atoms. The lowest BCUT2D eigenvalue weighted by Gasteiger charge is -2.39. The number of hydrogen-bond donors (Lipinski definition) is 1. The van der Waals surface area contributed by atoms with Gasteiger partial charge in [-0.3, -0.25) is 4.79 Å². The lowest BCUT2D eigenvalue weighted by atomic mass is 9.67. The van der Waals surface area contributed by atoms with Crippen molar-refractivity contribution in [2.24, 2.45) is 11.3 Å². The molecule has 1 aromatic rings. The second-order valence-electron chi connectivity index (χ2n) is 6.42. The van der Waals surface area contributed by atoms with Gasteiger partial charge in [0.15, 0.2) is 0 Å². The maximum absolute atomic E-state index is 13.0. The highest BCUT2D eigenvalue weighted by Gasteiger charge is 2.50. The van der Waals surface area contributed by atoms with Gasteiger partial charge in [0, 0.05) is 18.5 Å². The summed E-state index contributed by atoms with van der Waals surface area (Å²) in [5, 5.41) is 5.58. The number of amides is 1. The molecule has 2 aliphatic rings. The molecule has 1 aromatic heterocycles. The summed E-state index contributed by atoms with van der Waals surface area (Å²) in [5.74, 6) is 0.913. The fourth-order valence-electron chi connectivity index (χ4n) is 3.90. The minimum Gasteiger partial charge on any atom is -0.340 e. The molecule has 0 radical (unpaired) electrons. The number of nitrogens with zero attached hydrogens (tertiary/aromatic N) is 1. The highest BCUT2D eigenvalue weighted by molar-refractivity contribution is 7.10. The Morgan fingerprint density at radius 3 is 3.15 bits per heavy atom. The number of thiophene rings is 1. The van der Waals surface area contributed by atoms with Gasteiger partial charge in [-0.1, -0.05) is 12.8 Å². The van der Waals surface area contributed by atoms with Crippen LogP contribution in [0.25, 0.3) is 0 Å². The largest absolute Gasteiger partial charge is 0.340 e. The molecule has 2 heterocycles. The fraction of sp³-hybridized carbons (Fsp3) is 0.688. The normalized spacial score (nSPS) is 29.2. The zero-order valence-corrected chi connectivity index (χ0v) is 13.3. The van der Waals surface area contributed by atoms with Crippen LogP contribution in [0.15, 0.2) is 11.4 Å². The van der Waals surface area contributed by atoms with Gasteiger partial charge in [0.25, 0.3) is 0 Å². The van der Waals surface area contributed by atoms with E-state index in [0.717, 1.165) is 26.1 Å². The molecule has 1 amide bonds. The van der Waals surface area contributed by atoms with Gasteiger partial charge in [-0.05, 0) is 49.2 Å². The van der Waals surface area contributed by atoms with Gasteiger partial charge in [-0.2, -0.15) is 0 Å². The Kier molecular flexibility index (Phi) is 3.87. The zero-order chi connectivity index (χ0) is 14.2. The molecule has 0 aromatic carbocycles. The van der Waals surface area contributed by atoms with Crippen molar-refractivity contribution in [2.75, 3.05) is 20.1 Å². The first-order valence-electron chi connectivity index (χ1n) is 7.63. The van der Waals surface area contributed by atoms with Crippen LogP contribution in [0.4, 0.5) is 0 Å². The van der Waals surface area contributed by atoms with Crippen LogP contribution in [0.1, 0.15) is 36.1 Å². The van der Waals surface area contributed by atoms with Gasteiger partial charge >= 0.3 is 0 Å². The van der Waals surface area contributed by atoms with Gasteiger partial charge in [-0.15, -0.1) is 11.3 Å². The Bertz CT molecular complexity index is 498. The minimum atomic E-state index is -0.113. The van der Waals surface area contributed by atoms with Crippen LogP contribution in [0.2, 0.25) is 0 Å². The van der Waals surface area contributed by atoms with E-state index in [1.165, 1.54) is 29.7 Å².